The van der Waals surface area contributed by atoms with Crippen molar-refractivity contribution in [3.63, 3.8) is 0 Å². The van der Waals surface area contributed by atoms with Gasteiger partial charge in [0.1, 0.15) is 41.0 Å². The van der Waals surface area contributed by atoms with Gasteiger partial charge in [0.15, 0.2) is 5.43 Å². The number of urea groups is 1. The number of phenols is 2. The molecule has 70 heavy (non-hydrogen) atoms. The number of rotatable bonds is 20. The van der Waals surface area contributed by atoms with Crippen molar-refractivity contribution >= 4 is 58.2 Å². The molecule has 11 N–H and O–H groups in total. The highest BCUT2D eigenvalue weighted by Crippen LogP contribution is 2.42. The molecule has 1 unspecified atom stereocenters. The Balaban J connectivity index is 1.06. The summed E-state index contributed by atoms with van der Waals surface area (Å²) in [4.78, 5) is 103. The quantitative estimate of drug-likeness (QED) is 0.0468. The predicted molar refractivity (Wildman–Crippen MR) is 258 cm³/mol. The number of phenolic OH excluding ortho intramolecular Hbond substituents is 2. The van der Waals surface area contributed by atoms with Gasteiger partial charge in [-0.15, -0.1) is 0 Å². The Hall–Kier alpha value is -8.74. The van der Waals surface area contributed by atoms with E-state index in [-0.39, 0.29) is 77.4 Å². The molecular weight excluding hydrogens is 903 g/mol. The molecule has 19 heteroatoms. The number of carboxylic acids is 1. The summed E-state index contributed by atoms with van der Waals surface area (Å²) in [6.45, 7) is 4.90. The van der Waals surface area contributed by atoms with Crippen LogP contribution in [0.5, 0.6) is 11.5 Å². The fourth-order valence-corrected chi connectivity index (χ4v) is 7.71. The lowest BCUT2D eigenvalue weighted by Gasteiger charge is -2.28. The number of nitrogens with one attached hydrogen (secondary N) is 6. The van der Waals surface area contributed by atoms with E-state index in [0.717, 1.165) is 0 Å². The van der Waals surface area contributed by atoms with Crippen molar-refractivity contribution < 1.29 is 53.3 Å². The van der Waals surface area contributed by atoms with Gasteiger partial charge in [0, 0.05) is 67.2 Å². The van der Waals surface area contributed by atoms with Crippen LogP contribution in [-0.4, -0.2) is 75.0 Å². The van der Waals surface area contributed by atoms with Crippen molar-refractivity contribution in [2.45, 2.75) is 77.7 Å². The van der Waals surface area contributed by atoms with Crippen LogP contribution in [0, 0.1) is 5.92 Å². The Morgan fingerprint density at radius 1 is 0.686 bits per heavy atom. The highest BCUT2D eigenvalue weighted by Gasteiger charge is 2.32. The number of aromatic hydroxyl groups is 2. The van der Waals surface area contributed by atoms with Gasteiger partial charge in [-0.2, -0.15) is 0 Å². The van der Waals surface area contributed by atoms with E-state index in [9.17, 15) is 53.7 Å². The highest BCUT2D eigenvalue weighted by atomic mass is 16.4. The molecule has 4 atom stereocenters. The maximum Gasteiger partial charge on any atom is 0.336 e. The van der Waals surface area contributed by atoms with Crippen molar-refractivity contribution in [3.8, 4) is 33.9 Å². The third kappa shape index (κ3) is 13.2. The van der Waals surface area contributed by atoms with E-state index >= 15 is 0 Å². The molecule has 364 valence electrons. The predicted octanol–water partition coefficient (Wildman–Crippen LogP) is 4.64. The van der Waals surface area contributed by atoms with Crippen molar-refractivity contribution in [2.75, 3.05) is 5.32 Å². The second-order valence-corrected chi connectivity index (χ2v) is 16.8. The number of hydrogen-bond acceptors (Lipinski definition) is 11. The van der Waals surface area contributed by atoms with Gasteiger partial charge in [0.25, 0.3) is 0 Å². The smallest absolute Gasteiger partial charge is 0.336 e. The van der Waals surface area contributed by atoms with Crippen LogP contribution in [0.3, 0.4) is 0 Å². The Labute approximate surface area is 401 Å². The lowest BCUT2D eigenvalue weighted by atomic mass is 9.90. The summed E-state index contributed by atoms with van der Waals surface area (Å²) < 4.78 is 5.89. The van der Waals surface area contributed by atoms with E-state index in [2.05, 4.69) is 31.9 Å². The zero-order valence-electron chi connectivity index (χ0n) is 38.5. The van der Waals surface area contributed by atoms with Crippen LogP contribution in [0.2, 0.25) is 0 Å². The number of carboxylic acid groups (broad SMARTS) is 1. The number of carbonyl (C=O) groups is 7. The largest absolute Gasteiger partial charge is 0.508 e. The molecule has 0 saturated carbocycles. The molecular formula is C51H53N7O12. The van der Waals surface area contributed by atoms with E-state index < -0.39 is 65.6 Å². The average molecular weight is 956 g/mol. The van der Waals surface area contributed by atoms with Gasteiger partial charge in [0.05, 0.1) is 5.56 Å². The molecule has 0 bridgehead atoms. The first-order valence-corrected chi connectivity index (χ1v) is 22.3. The number of carbonyl (C=O) groups excluding carboxylic acids is 6. The van der Waals surface area contributed by atoms with Crippen LogP contribution < -0.4 is 43.1 Å². The molecule has 4 aromatic rings. The summed E-state index contributed by atoms with van der Waals surface area (Å²) in [6.07, 6.45) is 0.164. The van der Waals surface area contributed by atoms with Gasteiger partial charge in [0.2, 0.25) is 29.5 Å². The van der Waals surface area contributed by atoms with Gasteiger partial charge in [-0.05, 0) is 83.1 Å². The first kappa shape index (κ1) is 50.7. The fraction of sp³-hybridized carbons (Fsp3) is 0.255. The standard InChI is InChI=1S/C51H53N7O12/c1-4-27(2)46(58-48(65)41(55-28(3)59)21-29-9-12-33(60)13-10-29)49(66)57-40(19-20-44(52)63)47(64)53-25-30-5-7-31(8-6-30)26-54-51(69)56-32-11-16-36(39(22-32)50(67)68)45-37-17-14-34(61)23-42(37)70-43-24-35(62)15-18-38(43)45/h5-18,22-24,27,40-41,46,60-61H,4,19-21,25-26H2,1-3H3,(H2,52,63)(H,53,64)(H,55,59)(H,57,66)(H,58,65)(H,67,68)(H2,54,56,69)/t27?,40-,41-,46-/m0/s1. The van der Waals surface area contributed by atoms with Gasteiger partial charge in [-0.1, -0.05) is 62.7 Å². The Bertz CT molecular complexity index is 2950. The lowest BCUT2D eigenvalue weighted by molar-refractivity contribution is -0.134. The van der Waals surface area contributed by atoms with E-state index in [1.807, 2.05) is 6.92 Å². The molecule has 0 fully saturated rings. The maximum atomic E-state index is 13.8. The van der Waals surface area contributed by atoms with Gasteiger partial charge in [-0.25, -0.2) is 9.59 Å². The van der Waals surface area contributed by atoms with E-state index in [0.29, 0.717) is 39.6 Å². The molecule has 1 aliphatic heterocycles. The molecule has 4 aromatic carbocycles. The van der Waals surface area contributed by atoms with Crippen LogP contribution in [0.1, 0.15) is 67.1 Å². The summed E-state index contributed by atoms with van der Waals surface area (Å²) >= 11 is 0. The minimum atomic E-state index is -1.28. The summed E-state index contributed by atoms with van der Waals surface area (Å²) in [5, 5.41) is 46.7. The molecule has 6 rings (SSSR count). The number of primary amides is 1. The minimum Gasteiger partial charge on any atom is -0.508 e. The third-order valence-electron chi connectivity index (χ3n) is 11.6. The molecule has 2 aliphatic rings. The zero-order valence-corrected chi connectivity index (χ0v) is 38.5. The van der Waals surface area contributed by atoms with E-state index in [1.165, 1.54) is 67.6 Å². The number of anilines is 1. The maximum absolute atomic E-state index is 13.8. The first-order chi connectivity index (χ1) is 33.4. The van der Waals surface area contributed by atoms with Gasteiger partial charge < -0.3 is 57.4 Å². The fourth-order valence-electron chi connectivity index (χ4n) is 7.71. The molecule has 0 radical (unpaired) electrons. The summed E-state index contributed by atoms with van der Waals surface area (Å²) in [5.41, 5.74) is 8.52. The first-order valence-electron chi connectivity index (χ1n) is 22.3. The van der Waals surface area contributed by atoms with Crippen molar-refractivity contribution in [2.24, 2.45) is 11.7 Å². The van der Waals surface area contributed by atoms with Crippen LogP contribution in [0.25, 0.3) is 33.4 Å². The normalized spacial score (nSPS) is 12.7. The number of hydrogen-bond donors (Lipinski definition) is 10. The number of aromatic carboxylic acids is 1. The Morgan fingerprint density at radius 2 is 1.33 bits per heavy atom. The van der Waals surface area contributed by atoms with E-state index in [1.54, 1.807) is 49.4 Å². The molecule has 1 heterocycles. The Kier molecular flexibility index (Phi) is 16.5. The summed E-state index contributed by atoms with van der Waals surface area (Å²) in [5.74, 6) is -4.68. The monoisotopic (exact) mass is 955 g/mol. The second-order valence-electron chi connectivity index (χ2n) is 16.8. The molecule has 0 aromatic heterocycles. The van der Waals surface area contributed by atoms with Crippen LogP contribution in [-0.2, 0) is 43.5 Å². The lowest BCUT2D eigenvalue weighted by Crippen LogP contribution is -2.58. The number of nitrogens with two attached hydrogens (primary N) is 1. The summed E-state index contributed by atoms with van der Waals surface area (Å²) in [6, 6.07) is 21.8. The van der Waals surface area contributed by atoms with Crippen molar-refractivity contribution in [1.82, 2.24) is 26.6 Å². The molecule has 0 saturated heterocycles. The van der Waals surface area contributed by atoms with Crippen LogP contribution in [0.15, 0.2) is 112 Å². The zero-order chi connectivity index (χ0) is 50.6. The number of amides is 7. The Morgan fingerprint density at radius 3 is 1.97 bits per heavy atom. The van der Waals surface area contributed by atoms with Crippen molar-refractivity contribution in [3.05, 3.63) is 136 Å². The molecule has 1 aliphatic carbocycles. The minimum absolute atomic E-state index is 0.0184. The molecule has 7 amide bonds. The van der Waals surface area contributed by atoms with Crippen LogP contribution >= 0.6 is 0 Å². The van der Waals surface area contributed by atoms with Gasteiger partial charge in [-0.3, -0.25) is 28.8 Å². The van der Waals surface area contributed by atoms with Crippen molar-refractivity contribution in [1.29, 1.82) is 0 Å². The summed E-state index contributed by atoms with van der Waals surface area (Å²) in [7, 11) is 0. The SMILES string of the molecule is CCC(C)[C@H](NC(=O)[C@H](Cc1ccc(O)cc1)NC(C)=O)C(=O)N[C@@H](CCC(N)=O)C(=O)NCc1ccc(CNC(=O)Nc2ccc(-c3c4ccc(=O)cc-4oc4cc(O)ccc34)c(C(=O)O)c2)cc1. The van der Waals surface area contributed by atoms with E-state index in [4.69, 9.17) is 10.2 Å². The third-order valence-corrected chi connectivity index (χ3v) is 11.6. The van der Waals surface area contributed by atoms with Gasteiger partial charge >= 0.3 is 12.0 Å². The van der Waals surface area contributed by atoms with Crippen LogP contribution in [0.4, 0.5) is 10.5 Å². The average Bonchev–Trinajstić information content (AvgIpc) is 3.32. The highest BCUT2D eigenvalue weighted by molar-refractivity contribution is 6.08. The molecule has 0 spiro atoms. The topological polar surface area (TPSA) is 309 Å². The second kappa shape index (κ2) is 22.8. The molecule has 19 nitrogen and oxygen atoms in total. The number of benzene rings is 5. The number of fused-ring (bicyclic) bond motifs is 2.